The Bertz CT molecular complexity index is 325. The van der Waals surface area contributed by atoms with Crippen LogP contribution >= 0.6 is 0 Å². The zero-order chi connectivity index (χ0) is 9.97. The van der Waals surface area contributed by atoms with E-state index in [-0.39, 0.29) is 12.5 Å². The van der Waals surface area contributed by atoms with E-state index in [4.69, 9.17) is 0 Å². The Labute approximate surface area is 82.3 Å². The summed E-state index contributed by atoms with van der Waals surface area (Å²) in [6.07, 6.45) is -0.390. The van der Waals surface area contributed by atoms with Gasteiger partial charge in [0, 0.05) is 12.1 Å². The largest absolute Gasteiger partial charge is 0.336 e. The Morgan fingerprint density at radius 3 is 2.79 bits per heavy atom. The lowest BCUT2D eigenvalue weighted by Gasteiger charge is -2.14. The van der Waals surface area contributed by atoms with Gasteiger partial charge in [0.05, 0.1) is 6.54 Å². The smallest absolute Gasteiger partial charge is 0.253 e. The first kappa shape index (κ1) is 9.19. The van der Waals surface area contributed by atoms with Crippen molar-refractivity contribution in [2.24, 2.45) is 0 Å². The van der Waals surface area contributed by atoms with Crippen molar-refractivity contribution in [1.29, 1.82) is 0 Å². The van der Waals surface area contributed by atoms with Crippen LogP contribution in [0.25, 0.3) is 0 Å². The van der Waals surface area contributed by atoms with Gasteiger partial charge in [-0.05, 0) is 24.6 Å². The first-order valence-electron chi connectivity index (χ1n) is 4.67. The number of hydrogen-bond donors (Lipinski definition) is 0. The maximum absolute atomic E-state index is 12.8. The van der Waals surface area contributed by atoms with E-state index in [1.165, 1.54) is 0 Å². The van der Waals surface area contributed by atoms with Crippen molar-refractivity contribution in [3.63, 3.8) is 0 Å². The molecule has 1 aliphatic rings. The lowest BCUT2D eigenvalue weighted by molar-refractivity contribution is 0.0783. The van der Waals surface area contributed by atoms with Crippen LogP contribution in [-0.2, 0) is 0 Å². The highest BCUT2D eigenvalue weighted by Crippen LogP contribution is 2.15. The number of alkyl halides is 1. The van der Waals surface area contributed by atoms with Gasteiger partial charge >= 0.3 is 0 Å². The molecule has 0 aliphatic carbocycles. The van der Waals surface area contributed by atoms with Gasteiger partial charge < -0.3 is 4.90 Å². The Balaban J connectivity index is 2.10. The summed E-state index contributed by atoms with van der Waals surface area (Å²) >= 11 is 0. The number of carbonyl (C=O) groups is 1. The van der Waals surface area contributed by atoms with Crippen LogP contribution in [0.2, 0.25) is 0 Å². The molecule has 1 radical (unpaired) electrons. The second-order valence-corrected chi connectivity index (χ2v) is 3.43. The topological polar surface area (TPSA) is 20.3 Å². The maximum atomic E-state index is 12.8. The molecular weight excluding hydrogens is 181 g/mol. The van der Waals surface area contributed by atoms with Crippen molar-refractivity contribution >= 4 is 5.91 Å². The number of halogens is 1. The number of likely N-dealkylation sites (tertiary alicyclic amines) is 1. The molecule has 0 N–H and O–H groups in total. The van der Waals surface area contributed by atoms with E-state index in [1.54, 1.807) is 29.2 Å². The third-order valence-electron chi connectivity index (χ3n) is 2.38. The van der Waals surface area contributed by atoms with Crippen LogP contribution in [-0.4, -0.2) is 30.1 Å². The summed E-state index contributed by atoms with van der Waals surface area (Å²) < 4.78 is 12.8. The molecule has 0 saturated carbocycles. The molecule has 2 nitrogen and oxygen atoms in total. The number of carbonyl (C=O) groups excluding carboxylic acids is 1. The third kappa shape index (κ3) is 1.76. The van der Waals surface area contributed by atoms with Gasteiger partial charge in [0.1, 0.15) is 6.17 Å². The molecule has 73 valence electrons. The summed E-state index contributed by atoms with van der Waals surface area (Å²) in [5, 5.41) is 0. The van der Waals surface area contributed by atoms with Gasteiger partial charge in [-0.15, -0.1) is 0 Å². The van der Waals surface area contributed by atoms with E-state index < -0.39 is 6.17 Å². The van der Waals surface area contributed by atoms with Crippen LogP contribution in [0.15, 0.2) is 24.3 Å². The van der Waals surface area contributed by atoms with Gasteiger partial charge in [0.15, 0.2) is 0 Å². The third-order valence-corrected chi connectivity index (χ3v) is 2.38. The molecule has 1 fully saturated rings. The van der Waals surface area contributed by atoms with Crippen LogP contribution in [0.5, 0.6) is 0 Å². The highest BCUT2D eigenvalue weighted by molar-refractivity contribution is 5.94. The average Bonchev–Trinajstić information content (AvgIpc) is 2.65. The summed E-state index contributed by atoms with van der Waals surface area (Å²) in [5.74, 6) is -0.0841. The van der Waals surface area contributed by atoms with E-state index in [0.717, 1.165) is 0 Å². The first-order valence-corrected chi connectivity index (χ1v) is 4.67. The maximum Gasteiger partial charge on any atom is 0.253 e. The van der Waals surface area contributed by atoms with Crippen LogP contribution < -0.4 is 0 Å². The molecule has 1 heterocycles. The molecule has 0 spiro atoms. The Kier molecular flexibility index (Phi) is 2.48. The second-order valence-electron chi connectivity index (χ2n) is 3.43. The molecular formula is C11H11FNO. The van der Waals surface area contributed by atoms with Crippen LogP contribution in [0, 0.1) is 6.07 Å². The van der Waals surface area contributed by atoms with E-state index >= 15 is 0 Å². The van der Waals surface area contributed by atoms with Crippen LogP contribution in [0.1, 0.15) is 16.8 Å². The molecule has 14 heavy (non-hydrogen) atoms. The zero-order valence-corrected chi connectivity index (χ0v) is 7.74. The average molecular weight is 192 g/mol. The molecule has 1 atom stereocenters. The van der Waals surface area contributed by atoms with Crippen molar-refractivity contribution in [3.8, 4) is 0 Å². The van der Waals surface area contributed by atoms with Gasteiger partial charge in [-0.25, -0.2) is 4.39 Å². The number of amides is 1. The molecule has 1 amide bonds. The summed E-state index contributed by atoms with van der Waals surface area (Å²) in [5.41, 5.74) is 0.609. The van der Waals surface area contributed by atoms with Gasteiger partial charge in [-0.1, -0.05) is 12.1 Å². The van der Waals surface area contributed by atoms with E-state index in [1.807, 2.05) is 0 Å². The molecule has 3 heteroatoms. The number of benzene rings is 1. The molecule has 1 unspecified atom stereocenters. The predicted molar refractivity (Wildman–Crippen MR) is 50.7 cm³/mol. The molecule has 0 aromatic heterocycles. The lowest BCUT2D eigenvalue weighted by Crippen LogP contribution is -2.28. The van der Waals surface area contributed by atoms with Gasteiger partial charge in [-0.3, -0.25) is 4.79 Å². The fraction of sp³-hybridized carbons (Fsp3) is 0.364. The number of hydrogen-bond acceptors (Lipinski definition) is 1. The Hall–Kier alpha value is -1.38. The standard InChI is InChI=1S/C11H11FNO/c12-10-6-7-13(8-10)11(14)9-4-2-1-3-5-9/h2-5,10H,6-8H2. The normalized spacial score (nSPS) is 21.2. The summed E-state index contributed by atoms with van der Waals surface area (Å²) in [6.45, 7) is 0.760. The lowest BCUT2D eigenvalue weighted by atomic mass is 10.2. The fourth-order valence-corrected chi connectivity index (χ4v) is 1.61. The summed E-state index contributed by atoms with van der Waals surface area (Å²) in [6, 6.07) is 9.63. The molecule has 1 aromatic carbocycles. The van der Waals surface area contributed by atoms with Gasteiger partial charge in [-0.2, -0.15) is 0 Å². The number of nitrogens with zero attached hydrogens (tertiary/aromatic N) is 1. The monoisotopic (exact) mass is 192 g/mol. The van der Waals surface area contributed by atoms with Crippen molar-refractivity contribution in [2.75, 3.05) is 13.1 Å². The van der Waals surface area contributed by atoms with Gasteiger partial charge in [0.2, 0.25) is 0 Å². The summed E-state index contributed by atoms with van der Waals surface area (Å²) in [4.78, 5) is 13.3. The van der Waals surface area contributed by atoms with E-state index in [0.29, 0.717) is 18.5 Å². The number of rotatable bonds is 1. The quantitative estimate of drug-likeness (QED) is 0.662. The van der Waals surface area contributed by atoms with E-state index in [9.17, 15) is 9.18 Å². The minimum Gasteiger partial charge on any atom is -0.336 e. The van der Waals surface area contributed by atoms with E-state index in [2.05, 4.69) is 6.07 Å². The van der Waals surface area contributed by atoms with Crippen molar-refractivity contribution in [1.82, 2.24) is 4.90 Å². The van der Waals surface area contributed by atoms with Crippen molar-refractivity contribution < 1.29 is 9.18 Å². The molecule has 1 aliphatic heterocycles. The van der Waals surface area contributed by atoms with Crippen molar-refractivity contribution in [2.45, 2.75) is 12.6 Å². The highest BCUT2D eigenvalue weighted by Gasteiger charge is 2.26. The predicted octanol–water partition coefficient (Wildman–Crippen LogP) is 1.67. The fourth-order valence-electron chi connectivity index (χ4n) is 1.61. The molecule has 1 saturated heterocycles. The zero-order valence-electron chi connectivity index (χ0n) is 7.74. The summed E-state index contributed by atoms with van der Waals surface area (Å²) in [7, 11) is 0. The molecule has 1 aromatic rings. The SMILES string of the molecule is O=C(c1cc[c]cc1)N1CCC(F)C1. The minimum atomic E-state index is -0.853. The minimum absolute atomic E-state index is 0.0841. The van der Waals surface area contributed by atoms with Crippen LogP contribution in [0.3, 0.4) is 0 Å². The second kappa shape index (κ2) is 3.78. The van der Waals surface area contributed by atoms with Gasteiger partial charge in [0.25, 0.3) is 5.91 Å². The first-order chi connectivity index (χ1) is 6.77. The molecule has 2 rings (SSSR count). The Morgan fingerprint density at radius 2 is 2.21 bits per heavy atom. The van der Waals surface area contributed by atoms with Crippen molar-refractivity contribution in [3.05, 3.63) is 35.9 Å². The van der Waals surface area contributed by atoms with Crippen LogP contribution in [0.4, 0.5) is 4.39 Å². The Morgan fingerprint density at radius 1 is 1.50 bits per heavy atom. The highest BCUT2D eigenvalue weighted by atomic mass is 19.1. The molecule has 0 bridgehead atoms.